The molecule has 2 aliphatic rings. The van der Waals surface area contributed by atoms with Crippen molar-refractivity contribution in [3.8, 4) is 11.1 Å². The molecule has 180 valence electrons. The van der Waals surface area contributed by atoms with Crippen molar-refractivity contribution in [1.29, 1.82) is 0 Å². The molecule has 0 spiro atoms. The van der Waals surface area contributed by atoms with Gasteiger partial charge in [0.25, 0.3) is 0 Å². The number of carbonyl (C=O) groups is 3. The van der Waals surface area contributed by atoms with Gasteiger partial charge in [0.05, 0.1) is 0 Å². The van der Waals surface area contributed by atoms with Crippen molar-refractivity contribution < 1.29 is 24.2 Å². The Morgan fingerprint density at radius 3 is 2.06 bits per heavy atom. The number of carboxylic acid groups (broad SMARTS) is 1. The van der Waals surface area contributed by atoms with Crippen molar-refractivity contribution >= 4 is 18.0 Å². The van der Waals surface area contributed by atoms with Gasteiger partial charge < -0.3 is 20.1 Å². The summed E-state index contributed by atoms with van der Waals surface area (Å²) in [4.78, 5) is 38.6. The predicted molar refractivity (Wildman–Crippen MR) is 128 cm³/mol. The average molecular weight is 465 g/mol. The first kappa shape index (κ1) is 23.8. The molecular weight excluding hydrogens is 432 g/mol. The first-order chi connectivity index (χ1) is 16.3. The molecule has 1 unspecified atom stereocenters. The molecule has 0 saturated heterocycles. The Bertz CT molecular complexity index is 1030. The number of rotatable bonds is 9. The van der Waals surface area contributed by atoms with Crippen molar-refractivity contribution in [2.24, 2.45) is 5.92 Å². The molecule has 0 bridgehead atoms. The highest BCUT2D eigenvalue weighted by atomic mass is 16.5. The van der Waals surface area contributed by atoms with Crippen LogP contribution in [0.1, 0.15) is 57.1 Å². The van der Waals surface area contributed by atoms with Gasteiger partial charge in [-0.15, -0.1) is 0 Å². The minimum Gasteiger partial charge on any atom is -0.480 e. The van der Waals surface area contributed by atoms with Gasteiger partial charge in [0.1, 0.15) is 12.6 Å². The zero-order valence-corrected chi connectivity index (χ0v) is 19.9. The van der Waals surface area contributed by atoms with Crippen LogP contribution < -0.4 is 5.32 Å². The largest absolute Gasteiger partial charge is 0.480 e. The van der Waals surface area contributed by atoms with Crippen LogP contribution >= 0.6 is 0 Å². The number of nitrogens with zero attached hydrogens (tertiary/aromatic N) is 1. The molecule has 2 amide bonds. The van der Waals surface area contributed by atoms with Crippen LogP contribution in [0.2, 0.25) is 0 Å². The van der Waals surface area contributed by atoms with E-state index in [-0.39, 0.29) is 36.8 Å². The van der Waals surface area contributed by atoms with Gasteiger partial charge in [0.15, 0.2) is 0 Å². The molecule has 0 aliphatic heterocycles. The standard InChI is InChI=1S/C27H32N2O5/c1-16(2)24(14-25(30)29(18-12-13-18)17(3)26(31)32)28-27(33)34-15-23-21-10-6-4-8-19(21)20-9-5-7-11-22(20)23/h4-11,16-18,23-24H,12-15H2,1-3H3,(H,28,33)(H,31,32)/t17?,24-/m0/s1. The summed E-state index contributed by atoms with van der Waals surface area (Å²) < 4.78 is 5.64. The number of aliphatic carboxylic acids is 1. The molecular formula is C27H32N2O5. The number of amides is 2. The summed E-state index contributed by atoms with van der Waals surface area (Å²) in [6.07, 6.45) is 1.10. The van der Waals surface area contributed by atoms with Crippen molar-refractivity contribution in [3.05, 3.63) is 59.7 Å². The first-order valence-electron chi connectivity index (χ1n) is 11.9. The number of benzene rings is 2. The Hall–Kier alpha value is -3.35. The fourth-order valence-corrected chi connectivity index (χ4v) is 4.75. The summed E-state index contributed by atoms with van der Waals surface area (Å²) in [5.41, 5.74) is 4.58. The maximum absolute atomic E-state index is 13.0. The Balaban J connectivity index is 1.39. The number of nitrogens with one attached hydrogen (secondary N) is 1. The van der Waals surface area contributed by atoms with Crippen molar-refractivity contribution in [1.82, 2.24) is 10.2 Å². The molecule has 7 heteroatoms. The van der Waals surface area contributed by atoms with E-state index in [9.17, 15) is 19.5 Å². The van der Waals surface area contributed by atoms with Crippen molar-refractivity contribution in [2.45, 2.75) is 64.1 Å². The van der Waals surface area contributed by atoms with Crippen LogP contribution in [0, 0.1) is 5.92 Å². The van der Waals surface area contributed by atoms with E-state index < -0.39 is 24.1 Å². The maximum Gasteiger partial charge on any atom is 0.407 e. The van der Waals surface area contributed by atoms with Crippen LogP contribution in [0.3, 0.4) is 0 Å². The average Bonchev–Trinajstić information content (AvgIpc) is 3.59. The van der Waals surface area contributed by atoms with E-state index in [0.717, 1.165) is 35.1 Å². The molecule has 0 aromatic heterocycles. The molecule has 1 fully saturated rings. The lowest BCUT2D eigenvalue weighted by Crippen LogP contribution is -2.48. The molecule has 0 heterocycles. The third-order valence-corrected chi connectivity index (χ3v) is 6.85. The molecule has 2 atom stereocenters. The Morgan fingerprint density at radius 1 is 1.00 bits per heavy atom. The van der Waals surface area contributed by atoms with Gasteiger partial charge in [-0.3, -0.25) is 4.79 Å². The Kier molecular flexibility index (Phi) is 6.91. The molecule has 2 aliphatic carbocycles. The van der Waals surface area contributed by atoms with E-state index >= 15 is 0 Å². The molecule has 2 aromatic carbocycles. The van der Waals surface area contributed by atoms with Crippen molar-refractivity contribution in [3.63, 3.8) is 0 Å². The van der Waals surface area contributed by atoms with Gasteiger partial charge in [-0.2, -0.15) is 0 Å². The lowest BCUT2D eigenvalue weighted by Gasteiger charge is -2.30. The first-order valence-corrected chi connectivity index (χ1v) is 11.9. The minimum atomic E-state index is -1.02. The van der Waals surface area contributed by atoms with Crippen molar-refractivity contribution in [2.75, 3.05) is 6.61 Å². The van der Waals surface area contributed by atoms with Crippen LogP contribution in [0.5, 0.6) is 0 Å². The lowest BCUT2D eigenvalue weighted by atomic mass is 9.98. The number of hydrogen-bond acceptors (Lipinski definition) is 4. The smallest absolute Gasteiger partial charge is 0.407 e. The highest BCUT2D eigenvalue weighted by Gasteiger charge is 2.39. The normalized spacial score (nSPS) is 16.4. The molecule has 7 nitrogen and oxygen atoms in total. The van der Waals surface area contributed by atoms with Crippen LogP contribution in [0.4, 0.5) is 4.79 Å². The third kappa shape index (κ3) is 4.93. The summed E-state index contributed by atoms with van der Waals surface area (Å²) in [5.74, 6) is -1.34. The monoisotopic (exact) mass is 464 g/mol. The van der Waals surface area contributed by atoms with Crippen LogP contribution in [-0.2, 0) is 14.3 Å². The molecule has 1 saturated carbocycles. The number of alkyl carbamates (subject to hydrolysis) is 1. The second-order valence-electron chi connectivity index (χ2n) is 9.57. The highest BCUT2D eigenvalue weighted by molar-refractivity contribution is 5.85. The number of hydrogen-bond donors (Lipinski definition) is 2. The molecule has 2 N–H and O–H groups in total. The van der Waals surface area contributed by atoms with E-state index in [2.05, 4.69) is 29.6 Å². The molecule has 34 heavy (non-hydrogen) atoms. The zero-order chi connectivity index (χ0) is 24.4. The fraction of sp³-hybridized carbons (Fsp3) is 0.444. The van der Waals surface area contributed by atoms with Gasteiger partial charge in [0, 0.05) is 24.4 Å². The quantitative estimate of drug-likeness (QED) is 0.573. The fourth-order valence-electron chi connectivity index (χ4n) is 4.75. The number of ether oxygens (including phenoxy) is 1. The SMILES string of the molecule is CC(C)[C@H](CC(=O)N(C1CC1)C(C)C(=O)O)NC(=O)OCC1c2ccccc2-c2ccccc21. The minimum absolute atomic E-state index is 0.0226. The van der Waals surface area contributed by atoms with E-state index in [4.69, 9.17) is 4.74 Å². The second kappa shape index (κ2) is 9.87. The van der Waals surface area contributed by atoms with E-state index in [1.54, 1.807) is 0 Å². The van der Waals surface area contributed by atoms with Gasteiger partial charge >= 0.3 is 12.1 Å². The van der Waals surface area contributed by atoms with Gasteiger partial charge in [-0.1, -0.05) is 62.4 Å². The summed E-state index contributed by atoms with van der Waals surface area (Å²) >= 11 is 0. The third-order valence-electron chi connectivity index (χ3n) is 6.85. The number of carbonyl (C=O) groups excluding carboxylic acids is 2. The summed E-state index contributed by atoms with van der Waals surface area (Å²) in [6, 6.07) is 14.9. The van der Waals surface area contributed by atoms with E-state index in [1.165, 1.54) is 11.8 Å². The lowest BCUT2D eigenvalue weighted by molar-refractivity contribution is -0.150. The van der Waals surface area contributed by atoms with Gasteiger partial charge in [-0.05, 0) is 47.9 Å². The summed E-state index contributed by atoms with van der Waals surface area (Å²) in [6.45, 7) is 5.57. The number of fused-ring (bicyclic) bond motifs is 3. The van der Waals surface area contributed by atoms with Crippen LogP contribution in [0.25, 0.3) is 11.1 Å². The van der Waals surface area contributed by atoms with E-state index in [0.29, 0.717) is 0 Å². The van der Waals surface area contributed by atoms with Crippen LogP contribution in [0.15, 0.2) is 48.5 Å². The molecule has 0 radical (unpaired) electrons. The Labute approximate surface area is 200 Å². The number of carboxylic acids is 1. The molecule has 4 rings (SSSR count). The van der Waals surface area contributed by atoms with E-state index in [1.807, 2.05) is 38.1 Å². The predicted octanol–water partition coefficient (Wildman–Crippen LogP) is 4.40. The topological polar surface area (TPSA) is 95.9 Å². The summed E-state index contributed by atoms with van der Waals surface area (Å²) in [7, 11) is 0. The highest BCUT2D eigenvalue weighted by Crippen LogP contribution is 2.44. The van der Waals surface area contributed by atoms with Gasteiger partial charge in [0.2, 0.25) is 5.91 Å². The van der Waals surface area contributed by atoms with Crippen LogP contribution in [-0.4, -0.2) is 52.7 Å². The summed E-state index contributed by atoms with van der Waals surface area (Å²) in [5, 5.41) is 12.2. The zero-order valence-electron chi connectivity index (χ0n) is 19.9. The maximum atomic E-state index is 13.0. The molecule has 2 aromatic rings. The second-order valence-corrected chi connectivity index (χ2v) is 9.57. The van der Waals surface area contributed by atoms with Gasteiger partial charge in [-0.25, -0.2) is 9.59 Å². The Morgan fingerprint density at radius 2 is 1.56 bits per heavy atom.